The molecule has 150 valence electrons. The van der Waals surface area contributed by atoms with Crippen LogP contribution in [0.25, 0.3) is 0 Å². The van der Waals surface area contributed by atoms with Gasteiger partial charge in [0.2, 0.25) is 0 Å². The highest BCUT2D eigenvalue weighted by Crippen LogP contribution is 2.11. The fourth-order valence-corrected chi connectivity index (χ4v) is 2.59. The fourth-order valence-electron chi connectivity index (χ4n) is 2.59. The average Bonchev–Trinajstić information content (AvgIpc) is 2.74. The molecule has 2 rings (SSSR count). The van der Waals surface area contributed by atoms with Crippen molar-refractivity contribution in [2.75, 3.05) is 20.7 Å². The van der Waals surface area contributed by atoms with E-state index in [0.717, 1.165) is 42.2 Å². The smallest absolute Gasteiger partial charge is 0.251 e. The number of nitrogens with zero attached hydrogens (tertiary/aromatic N) is 1. The summed E-state index contributed by atoms with van der Waals surface area (Å²) in [5.74, 6) is 1.54. The molecule has 0 unspecified atom stereocenters. The Balaban J connectivity index is 1.79. The Kier molecular flexibility index (Phi) is 8.85. The lowest BCUT2D eigenvalue weighted by atomic mass is 10.1. The molecule has 0 spiro atoms. The molecule has 0 fully saturated rings. The van der Waals surface area contributed by atoms with Crippen LogP contribution in [-0.2, 0) is 13.1 Å². The molecule has 0 aliphatic carbocycles. The average molecular weight is 383 g/mol. The molecule has 2 aromatic rings. The van der Waals surface area contributed by atoms with E-state index in [1.807, 2.05) is 48.5 Å². The van der Waals surface area contributed by atoms with E-state index >= 15 is 0 Å². The van der Waals surface area contributed by atoms with Crippen molar-refractivity contribution >= 4 is 11.9 Å². The monoisotopic (exact) mass is 382 g/mol. The minimum atomic E-state index is -0.0232. The lowest BCUT2D eigenvalue weighted by Crippen LogP contribution is -2.36. The summed E-state index contributed by atoms with van der Waals surface area (Å²) in [6.07, 6.45) is 2.06. The van der Waals surface area contributed by atoms with E-state index in [2.05, 4.69) is 27.9 Å². The van der Waals surface area contributed by atoms with Crippen LogP contribution < -0.4 is 20.7 Å². The molecule has 6 heteroatoms. The third kappa shape index (κ3) is 6.95. The molecule has 0 aliphatic heterocycles. The van der Waals surface area contributed by atoms with Gasteiger partial charge in [-0.2, -0.15) is 0 Å². The summed E-state index contributed by atoms with van der Waals surface area (Å²) in [5.41, 5.74) is 2.90. The lowest BCUT2D eigenvalue weighted by molar-refractivity contribution is 0.0953. The number of nitrogens with one attached hydrogen (secondary N) is 3. The van der Waals surface area contributed by atoms with Crippen LogP contribution in [0.5, 0.6) is 5.75 Å². The van der Waals surface area contributed by atoms with Crippen LogP contribution in [0.3, 0.4) is 0 Å². The van der Waals surface area contributed by atoms with Crippen molar-refractivity contribution in [3.05, 3.63) is 65.2 Å². The number of aliphatic imine (C=N–C) groups is 1. The lowest BCUT2D eigenvalue weighted by Gasteiger charge is -2.12. The number of carbonyl (C=O) groups is 1. The number of ether oxygens (including phenoxy) is 1. The van der Waals surface area contributed by atoms with Crippen LogP contribution in [0.1, 0.15) is 41.3 Å². The summed E-state index contributed by atoms with van der Waals surface area (Å²) >= 11 is 0. The number of methoxy groups -OCH3 is 1. The highest BCUT2D eigenvalue weighted by molar-refractivity contribution is 5.94. The molecule has 0 saturated heterocycles. The molecule has 3 N–H and O–H groups in total. The first kappa shape index (κ1) is 21.3. The summed E-state index contributed by atoms with van der Waals surface area (Å²) < 4.78 is 5.17. The molecule has 0 heterocycles. The summed E-state index contributed by atoms with van der Waals surface area (Å²) in [4.78, 5) is 16.3. The van der Waals surface area contributed by atoms with Gasteiger partial charge in [-0.15, -0.1) is 0 Å². The molecule has 2 aromatic carbocycles. The summed E-state index contributed by atoms with van der Waals surface area (Å²) in [6, 6.07) is 15.5. The minimum absolute atomic E-state index is 0.0232. The number of rotatable bonds is 9. The van der Waals surface area contributed by atoms with Gasteiger partial charge in [-0.05, 0) is 41.8 Å². The molecular formula is C22H30N4O2. The Morgan fingerprint density at radius 1 is 0.929 bits per heavy atom. The number of amides is 1. The van der Waals surface area contributed by atoms with E-state index in [4.69, 9.17) is 4.74 Å². The van der Waals surface area contributed by atoms with Crippen molar-refractivity contribution in [3.8, 4) is 5.75 Å². The van der Waals surface area contributed by atoms with E-state index in [1.54, 1.807) is 14.2 Å². The van der Waals surface area contributed by atoms with E-state index in [1.165, 1.54) is 0 Å². The number of hydrogen-bond acceptors (Lipinski definition) is 3. The van der Waals surface area contributed by atoms with Gasteiger partial charge in [0.05, 0.1) is 7.11 Å². The molecule has 0 atom stereocenters. The van der Waals surface area contributed by atoms with E-state index in [9.17, 15) is 4.79 Å². The Morgan fingerprint density at radius 3 is 2.00 bits per heavy atom. The zero-order valence-corrected chi connectivity index (χ0v) is 16.9. The first-order valence-corrected chi connectivity index (χ1v) is 9.60. The van der Waals surface area contributed by atoms with Crippen LogP contribution >= 0.6 is 0 Å². The zero-order chi connectivity index (χ0) is 20.2. The third-order valence-corrected chi connectivity index (χ3v) is 4.33. The van der Waals surface area contributed by atoms with E-state index in [0.29, 0.717) is 18.7 Å². The van der Waals surface area contributed by atoms with Gasteiger partial charge in [0.1, 0.15) is 5.75 Å². The topological polar surface area (TPSA) is 74.8 Å². The molecule has 0 saturated carbocycles. The van der Waals surface area contributed by atoms with Gasteiger partial charge in [0.25, 0.3) is 5.91 Å². The minimum Gasteiger partial charge on any atom is -0.497 e. The number of carbonyl (C=O) groups excluding carboxylic acids is 1. The van der Waals surface area contributed by atoms with Crippen LogP contribution in [0.15, 0.2) is 53.5 Å². The molecule has 0 aliphatic rings. The maximum atomic E-state index is 12.0. The standard InChI is InChI=1S/C22H30N4O2/c1-4-5-14-24-21(27)19-10-6-17(7-11-19)15-25-22(23-2)26-16-18-8-12-20(28-3)13-9-18/h6-13H,4-5,14-16H2,1-3H3,(H,24,27)(H2,23,25,26). The van der Waals surface area contributed by atoms with Crippen molar-refractivity contribution < 1.29 is 9.53 Å². The van der Waals surface area contributed by atoms with Crippen LogP contribution in [0, 0.1) is 0 Å². The molecule has 0 radical (unpaired) electrons. The van der Waals surface area contributed by atoms with Gasteiger partial charge in [-0.3, -0.25) is 9.79 Å². The fraction of sp³-hybridized carbons (Fsp3) is 0.364. The Morgan fingerprint density at radius 2 is 1.50 bits per heavy atom. The maximum Gasteiger partial charge on any atom is 0.251 e. The van der Waals surface area contributed by atoms with Gasteiger partial charge >= 0.3 is 0 Å². The van der Waals surface area contributed by atoms with Gasteiger partial charge in [-0.1, -0.05) is 37.6 Å². The normalized spacial score (nSPS) is 11.0. The van der Waals surface area contributed by atoms with Crippen LogP contribution in [-0.4, -0.2) is 32.6 Å². The quantitative estimate of drug-likeness (QED) is 0.354. The predicted octanol–water partition coefficient (Wildman–Crippen LogP) is 3.09. The molecule has 1 amide bonds. The summed E-state index contributed by atoms with van der Waals surface area (Å²) in [5, 5.41) is 9.50. The first-order chi connectivity index (χ1) is 13.7. The van der Waals surface area contributed by atoms with Gasteiger partial charge < -0.3 is 20.7 Å². The van der Waals surface area contributed by atoms with Crippen molar-refractivity contribution in [2.24, 2.45) is 4.99 Å². The second-order valence-electron chi connectivity index (χ2n) is 6.43. The van der Waals surface area contributed by atoms with Crippen molar-refractivity contribution in [3.63, 3.8) is 0 Å². The van der Waals surface area contributed by atoms with Crippen molar-refractivity contribution in [2.45, 2.75) is 32.9 Å². The summed E-state index contributed by atoms with van der Waals surface area (Å²) in [6.45, 7) is 4.11. The highest BCUT2D eigenvalue weighted by Gasteiger charge is 2.05. The molecule has 28 heavy (non-hydrogen) atoms. The predicted molar refractivity (Wildman–Crippen MR) is 114 cm³/mol. The third-order valence-electron chi connectivity index (χ3n) is 4.33. The number of unbranched alkanes of at least 4 members (excludes halogenated alkanes) is 1. The van der Waals surface area contributed by atoms with Crippen molar-refractivity contribution in [1.82, 2.24) is 16.0 Å². The van der Waals surface area contributed by atoms with Gasteiger partial charge in [0.15, 0.2) is 5.96 Å². The maximum absolute atomic E-state index is 12.0. The summed E-state index contributed by atoms with van der Waals surface area (Å²) in [7, 11) is 3.40. The Hall–Kier alpha value is -3.02. The van der Waals surface area contributed by atoms with Crippen molar-refractivity contribution in [1.29, 1.82) is 0 Å². The molecule has 6 nitrogen and oxygen atoms in total. The molecular weight excluding hydrogens is 352 g/mol. The Labute approximate surface area is 167 Å². The number of guanidine groups is 1. The molecule has 0 bridgehead atoms. The van der Waals surface area contributed by atoms with Gasteiger partial charge in [-0.25, -0.2) is 0 Å². The Bertz CT molecular complexity index is 755. The first-order valence-electron chi connectivity index (χ1n) is 9.60. The van der Waals surface area contributed by atoms with E-state index in [-0.39, 0.29) is 5.91 Å². The van der Waals surface area contributed by atoms with Crippen LogP contribution in [0.4, 0.5) is 0 Å². The van der Waals surface area contributed by atoms with Crippen LogP contribution in [0.2, 0.25) is 0 Å². The number of hydrogen-bond donors (Lipinski definition) is 3. The largest absolute Gasteiger partial charge is 0.497 e. The number of benzene rings is 2. The molecule has 0 aromatic heterocycles. The second-order valence-corrected chi connectivity index (χ2v) is 6.43. The van der Waals surface area contributed by atoms with E-state index < -0.39 is 0 Å². The highest BCUT2D eigenvalue weighted by atomic mass is 16.5. The zero-order valence-electron chi connectivity index (χ0n) is 16.9. The van der Waals surface area contributed by atoms with Gasteiger partial charge in [0, 0.05) is 32.2 Å². The second kappa shape index (κ2) is 11.6. The SMILES string of the molecule is CCCCNC(=O)c1ccc(CNC(=NC)NCc2ccc(OC)cc2)cc1.